The first-order valence-electron chi connectivity index (χ1n) is 20.4. The zero-order chi connectivity index (χ0) is 36.8. The second-order valence-electron chi connectivity index (χ2n) is 20.0. The lowest BCUT2D eigenvalue weighted by molar-refractivity contribution is -0.226. The Morgan fingerprint density at radius 1 is 0.882 bits per heavy atom. The van der Waals surface area contributed by atoms with Gasteiger partial charge in [0, 0.05) is 12.6 Å². The normalized spacial score (nSPS) is 41.8. The molecule has 7 rings (SSSR count). The van der Waals surface area contributed by atoms with Gasteiger partial charge in [-0.15, -0.1) is 0 Å². The highest BCUT2D eigenvalue weighted by atomic mass is 32.2. The summed E-state index contributed by atoms with van der Waals surface area (Å²) in [4.78, 5) is 11.6. The van der Waals surface area contributed by atoms with Crippen LogP contribution in [-0.2, 0) is 14.6 Å². The number of aromatic carboxylic acids is 1. The summed E-state index contributed by atoms with van der Waals surface area (Å²) in [5, 5.41) is 13.8. The van der Waals surface area contributed by atoms with Crippen molar-refractivity contribution in [2.45, 2.75) is 137 Å². The molecule has 0 radical (unpaired) electrons. The Hall–Kier alpha value is -1.70. The second kappa shape index (κ2) is 12.7. The molecular formula is C44H67NO5S. The molecule has 6 aliphatic rings. The standard InChI is InChI=1S/C44H67NO5S/c1-39(2)32(30-9-11-31(12-10-30)38(46)47)15-21-41(5)35(39)17-22-43(7)36(41)14-13-34-37-33(40(3,4)50-8)16-23-44(37,25-24-42(34,43)6)45-26-18-29-19-27-51(48,49)28-20-29/h9-12,15,29,33-37,45H,13-14,16-28H2,1-8H3,(H,46,47)/t33-,34-,35+,36-,37-,41+,42-,43-,44+/m1/s1. The fourth-order valence-electron chi connectivity index (χ4n) is 14.5. The average molecular weight is 722 g/mol. The number of rotatable bonds is 8. The molecule has 1 heterocycles. The van der Waals surface area contributed by atoms with Crippen LogP contribution < -0.4 is 5.32 Å². The second-order valence-corrected chi connectivity index (χ2v) is 22.3. The number of sulfone groups is 1. The van der Waals surface area contributed by atoms with E-state index in [-0.39, 0.29) is 32.8 Å². The molecule has 2 N–H and O–H groups in total. The van der Waals surface area contributed by atoms with Gasteiger partial charge in [0.1, 0.15) is 9.84 Å². The Labute approximate surface area is 309 Å². The molecular weight excluding hydrogens is 655 g/mol. The highest BCUT2D eigenvalue weighted by Gasteiger charge is 2.71. The molecule has 1 aromatic carbocycles. The number of nitrogens with one attached hydrogen (secondary N) is 1. The average Bonchev–Trinajstić information content (AvgIpc) is 3.46. The SMILES string of the molecule is COC(C)(C)[C@@H]1CC[C@]2(NCCC3CCS(=O)(=O)CC3)CC[C@]3(C)[C@H](CC[C@@H]4[C@@]5(C)CC=C(c6ccc(C(=O)O)cc6)C(C)(C)[C@@H]5CC[C@]43C)[C@@H]12. The van der Waals surface area contributed by atoms with Gasteiger partial charge in [0.2, 0.25) is 0 Å². The maximum Gasteiger partial charge on any atom is 0.335 e. The zero-order valence-corrected chi connectivity index (χ0v) is 33.8. The number of benzene rings is 1. The first-order chi connectivity index (χ1) is 23.8. The van der Waals surface area contributed by atoms with E-state index in [0.29, 0.717) is 52.6 Å². The van der Waals surface area contributed by atoms with Gasteiger partial charge in [0.05, 0.1) is 22.7 Å². The Kier molecular flexibility index (Phi) is 9.35. The van der Waals surface area contributed by atoms with Crippen LogP contribution in [0.5, 0.6) is 0 Å². The van der Waals surface area contributed by atoms with Gasteiger partial charge >= 0.3 is 5.97 Å². The minimum Gasteiger partial charge on any atom is -0.478 e. The van der Waals surface area contributed by atoms with Crippen LogP contribution in [0.3, 0.4) is 0 Å². The summed E-state index contributed by atoms with van der Waals surface area (Å²) in [5.74, 6) is 3.35. The minimum absolute atomic E-state index is 0.00399. The van der Waals surface area contributed by atoms with Crippen molar-refractivity contribution < 1.29 is 23.1 Å². The van der Waals surface area contributed by atoms with E-state index >= 15 is 0 Å². The number of hydrogen-bond donors (Lipinski definition) is 2. The van der Waals surface area contributed by atoms with Gasteiger partial charge < -0.3 is 15.2 Å². The van der Waals surface area contributed by atoms with Crippen molar-refractivity contribution in [1.82, 2.24) is 5.32 Å². The number of carbonyl (C=O) groups is 1. The molecule has 5 fully saturated rings. The van der Waals surface area contributed by atoms with Crippen molar-refractivity contribution in [1.29, 1.82) is 0 Å². The summed E-state index contributed by atoms with van der Waals surface area (Å²) < 4.78 is 30.5. The van der Waals surface area contributed by atoms with Crippen LogP contribution in [-0.4, -0.2) is 55.8 Å². The van der Waals surface area contributed by atoms with Gasteiger partial charge in [0.15, 0.2) is 0 Å². The van der Waals surface area contributed by atoms with Gasteiger partial charge in [-0.2, -0.15) is 0 Å². The van der Waals surface area contributed by atoms with E-state index in [1.165, 1.54) is 62.5 Å². The fraction of sp³-hybridized carbons (Fsp3) is 0.795. The summed E-state index contributed by atoms with van der Waals surface area (Å²) in [6, 6.07) is 7.59. The van der Waals surface area contributed by atoms with E-state index in [4.69, 9.17) is 4.74 Å². The largest absolute Gasteiger partial charge is 0.478 e. The predicted octanol–water partition coefficient (Wildman–Crippen LogP) is 9.44. The third-order valence-corrected chi connectivity index (χ3v) is 19.3. The Morgan fingerprint density at radius 3 is 2.22 bits per heavy atom. The molecule has 51 heavy (non-hydrogen) atoms. The summed E-state index contributed by atoms with van der Waals surface area (Å²) in [6.45, 7) is 18.7. The molecule has 284 valence electrons. The third kappa shape index (κ3) is 5.83. The van der Waals surface area contributed by atoms with Crippen molar-refractivity contribution in [3.63, 3.8) is 0 Å². The van der Waals surface area contributed by atoms with Gasteiger partial charge in [-0.1, -0.05) is 52.8 Å². The van der Waals surface area contributed by atoms with E-state index < -0.39 is 15.8 Å². The highest BCUT2D eigenvalue weighted by Crippen LogP contribution is 2.77. The smallest absolute Gasteiger partial charge is 0.335 e. The van der Waals surface area contributed by atoms with Crippen LogP contribution >= 0.6 is 0 Å². The van der Waals surface area contributed by atoms with Crippen molar-refractivity contribution >= 4 is 21.4 Å². The molecule has 1 aromatic rings. The molecule has 6 nitrogen and oxygen atoms in total. The molecule has 9 atom stereocenters. The van der Waals surface area contributed by atoms with E-state index in [9.17, 15) is 18.3 Å². The van der Waals surface area contributed by atoms with Gasteiger partial charge in [-0.05, 0) is 178 Å². The van der Waals surface area contributed by atoms with E-state index in [0.717, 1.165) is 32.2 Å². The zero-order valence-electron chi connectivity index (χ0n) is 32.9. The first kappa shape index (κ1) is 37.6. The lowest BCUT2D eigenvalue weighted by atomic mass is 9.32. The van der Waals surface area contributed by atoms with Crippen molar-refractivity contribution in [3.8, 4) is 0 Å². The minimum atomic E-state index is -2.83. The van der Waals surface area contributed by atoms with E-state index in [2.05, 4.69) is 59.9 Å². The Balaban J connectivity index is 1.17. The summed E-state index contributed by atoms with van der Waals surface area (Å²) in [7, 11) is -0.916. The molecule has 1 aliphatic heterocycles. The van der Waals surface area contributed by atoms with Gasteiger partial charge in [-0.25, -0.2) is 13.2 Å². The maximum atomic E-state index is 12.1. The van der Waals surface area contributed by atoms with E-state index in [1.807, 2.05) is 19.2 Å². The monoisotopic (exact) mass is 721 g/mol. The summed E-state index contributed by atoms with van der Waals surface area (Å²) >= 11 is 0. The molecule has 0 aromatic heterocycles. The lowest BCUT2D eigenvalue weighted by Gasteiger charge is -2.72. The van der Waals surface area contributed by atoms with Crippen LogP contribution in [0.15, 0.2) is 30.3 Å². The van der Waals surface area contributed by atoms with Gasteiger partial charge in [0.25, 0.3) is 0 Å². The third-order valence-electron chi connectivity index (χ3n) is 17.6. The molecule has 0 bridgehead atoms. The number of fused-ring (bicyclic) bond motifs is 7. The highest BCUT2D eigenvalue weighted by molar-refractivity contribution is 7.91. The molecule has 0 amide bonds. The topological polar surface area (TPSA) is 92.7 Å². The number of carboxylic acid groups (broad SMARTS) is 1. The Bertz CT molecular complexity index is 1630. The predicted molar refractivity (Wildman–Crippen MR) is 206 cm³/mol. The van der Waals surface area contributed by atoms with Crippen LogP contribution in [0.25, 0.3) is 5.57 Å². The molecule has 4 saturated carbocycles. The van der Waals surface area contributed by atoms with Crippen molar-refractivity contribution in [2.75, 3.05) is 25.2 Å². The van der Waals surface area contributed by atoms with E-state index in [1.54, 1.807) is 12.1 Å². The molecule has 0 unspecified atom stereocenters. The summed E-state index contributed by atoms with van der Waals surface area (Å²) in [5.41, 5.74) is 3.61. The first-order valence-corrected chi connectivity index (χ1v) is 22.2. The molecule has 5 aliphatic carbocycles. The number of methoxy groups -OCH3 is 1. The number of allylic oxidation sites excluding steroid dienone is 2. The van der Waals surface area contributed by atoms with Crippen LogP contribution in [0.1, 0.15) is 141 Å². The van der Waals surface area contributed by atoms with Crippen LogP contribution in [0.4, 0.5) is 0 Å². The number of hydrogen-bond acceptors (Lipinski definition) is 5. The van der Waals surface area contributed by atoms with Crippen LogP contribution in [0, 0.1) is 57.2 Å². The fourth-order valence-corrected chi connectivity index (χ4v) is 16.1. The van der Waals surface area contributed by atoms with Crippen molar-refractivity contribution in [3.05, 3.63) is 41.5 Å². The van der Waals surface area contributed by atoms with Crippen LogP contribution in [0.2, 0.25) is 0 Å². The number of ether oxygens (including phenoxy) is 1. The maximum absolute atomic E-state index is 12.1. The Morgan fingerprint density at radius 2 is 1.57 bits per heavy atom. The summed E-state index contributed by atoms with van der Waals surface area (Å²) in [6.07, 6.45) is 16.4. The quantitative estimate of drug-likeness (QED) is 0.278. The lowest BCUT2D eigenvalue weighted by Crippen LogP contribution is -2.68. The molecule has 0 spiro atoms. The van der Waals surface area contributed by atoms with Gasteiger partial charge in [-0.3, -0.25) is 0 Å². The molecule has 1 saturated heterocycles. The molecule has 7 heteroatoms. The number of carboxylic acids is 1. The van der Waals surface area contributed by atoms with Crippen molar-refractivity contribution in [2.24, 2.45) is 57.2 Å².